The van der Waals surface area contributed by atoms with Crippen molar-refractivity contribution in [3.05, 3.63) is 71.0 Å². The van der Waals surface area contributed by atoms with Crippen molar-refractivity contribution in [1.82, 2.24) is 15.1 Å². The number of hydrogen-bond acceptors (Lipinski definition) is 4. The molecule has 1 N–H and O–H groups in total. The number of amides is 2. The van der Waals surface area contributed by atoms with Crippen molar-refractivity contribution in [3.8, 4) is 0 Å². The number of benzene rings is 2. The van der Waals surface area contributed by atoms with Gasteiger partial charge in [-0.15, -0.1) is 0 Å². The number of rotatable bonds is 9. The molecule has 172 valence electrons. The second-order valence-corrected chi connectivity index (χ2v) is 8.03. The number of hydrogen-bond donors (Lipinski definition) is 1. The van der Waals surface area contributed by atoms with E-state index in [0.29, 0.717) is 45.0 Å². The third kappa shape index (κ3) is 7.14. The fourth-order valence-electron chi connectivity index (χ4n) is 3.79. The Morgan fingerprint density at radius 2 is 1.84 bits per heavy atom. The molecule has 0 saturated carbocycles. The number of nitrogens with zero attached hydrogens (tertiary/aromatic N) is 2. The molecular weight excluding hydrogens is 409 g/mol. The fraction of sp³-hybridized carbons (Fsp3) is 0.440. The minimum absolute atomic E-state index is 0.0424. The van der Waals surface area contributed by atoms with Crippen LogP contribution >= 0.6 is 0 Å². The Hall–Kier alpha value is -2.77. The highest BCUT2D eigenvalue weighted by atomic mass is 19.1. The van der Waals surface area contributed by atoms with Gasteiger partial charge in [-0.2, -0.15) is 0 Å². The average molecular weight is 442 g/mol. The van der Waals surface area contributed by atoms with Gasteiger partial charge in [-0.1, -0.05) is 37.3 Å². The van der Waals surface area contributed by atoms with Gasteiger partial charge in [-0.05, 0) is 42.2 Å². The van der Waals surface area contributed by atoms with Crippen LogP contribution in [0.15, 0.2) is 48.5 Å². The zero-order valence-electron chi connectivity index (χ0n) is 18.7. The van der Waals surface area contributed by atoms with Crippen molar-refractivity contribution < 1.29 is 18.7 Å². The SMILES string of the molecule is CCCOCc1ccccc1CNC(=O)CN1CCCN(C(=O)c2cccc(F)c2)CC1. The van der Waals surface area contributed by atoms with E-state index in [9.17, 15) is 14.0 Å². The van der Waals surface area contributed by atoms with Gasteiger partial charge in [0, 0.05) is 44.9 Å². The van der Waals surface area contributed by atoms with Crippen LogP contribution in [0.1, 0.15) is 41.3 Å². The summed E-state index contributed by atoms with van der Waals surface area (Å²) in [6.07, 6.45) is 1.74. The van der Waals surface area contributed by atoms with Crippen molar-refractivity contribution >= 4 is 11.8 Å². The van der Waals surface area contributed by atoms with Gasteiger partial charge in [-0.3, -0.25) is 14.5 Å². The van der Waals surface area contributed by atoms with E-state index >= 15 is 0 Å². The molecule has 0 bridgehead atoms. The quantitative estimate of drug-likeness (QED) is 0.607. The maximum Gasteiger partial charge on any atom is 0.254 e. The molecule has 1 saturated heterocycles. The van der Waals surface area contributed by atoms with Crippen LogP contribution in [0.3, 0.4) is 0 Å². The van der Waals surface area contributed by atoms with Crippen LogP contribution in [0.2, 0.25) is 0 Å². The smallest absolute Gasteiger partial charge is 0.254 e. The van der Waals surface area contributed by atoms with Crippen LogP contribution < -0.4 is 5.32 Å². The van der Waals surface area contributed by atoms with E-state index in [0.717, 1.165) is 30.5 Å². The number of carbonyl (C=O) groups excluding carboxylic acids is 2. The molecule has 7 heteroatoms. The number of ether oxygens (including phenoxy) is 1. The van der Waals surface area contributed by atoms with Gasteiger partial charge in [0.15, 0.2) is 0 Å². The van der Waals surface area contributed by atoms with Gasteiger partial charge in [0.25, 0.3) is 5.91 Å². The fourth-order valence-corrected chi connectivity index (χ4v) is 3.79. The summed E-state index contributed by atoms with van der Waals surface area (Å²) in [5.41, 5.74) is 2.50. The number of halogens is 1. The van der Waals surface area contributed by atoms with Crippen LogP contribution in [0.5, 0.6) is 0 Å². The maximum absolute atomic E-state index is 13.4. The molecule has 3 rings (SSSR count). The normalized spacial score (nSPS) is 14.8. The first kappa shape index (κ1) is 23.9. The van der Waals surface area contributed by atoms with Crippen LogP contribution in [0, 0.1) is 5.82 Å². The van der Waals surface area contributed by atoms with E-state index in [1.165, 1.54) is 12.1 Å². The molecule has 6 nitrogen and oxygen atoms in total. The van der Waals surface area contributed by atoms with E-state index in [4.69, 9.17) is 4.74 Å². The predicted octanol–water partition coefficient (Wildman–Crippen LogP) is 3.22. The zero-order valence-corrected chi connectivity index (χ0v) is 18.7. The monoisotopic (exact) mass is 441 g/mol. The lowest BCUT2D eigenvalue weighted by Gasteiger charge is -2.22. The summed E-state index contributed by atoms with van der Waals surface area (Å²) in [4.78, 5) is 29.0. The van der Waals surface area contributed by atoms with Crippen LogP contribution in [0.25, 0.3) is 0 Å². The largest absolute Gasteiger partial charge is 0.377 e. The topological polar surface area (TPSA) is 61.9 Å². The summed E-state index contributed by atoms with van der Waals surface area (Å²) >= 11 is 0. The molecular formula is C25H32FN3O3. The molecule has 2 aromatic carbocycles. The third-order valence-corrected chi connectivity index (χ3v) is 5.51. The molecule has 1 aliphatic heterocycles. The highest BCUT2D eigenvalue weighted by molar-refractivity contribution is 5.94. The maximum atomic E-state index is 13.4. The Labute approximate surface area is 189 Å². The van der Waals surface area contributed by atoms with E-state index in [1.54, 1.807) is 17.0 Å². The first-order chi connectivity index (χ1) is 15.6. The Balaban J connectivity index is 1.47. The summed E-state index contributed by atoms with van der Waals surface area (Å²) in [5, 5.41) is 3.01. The number of carbonyl (C=O) groups is 2. The first-order valence-electron chi connectivity index (χ1n) is 11.2. The molecule has 1 aliphatic rings. The van der Waals surface area contributed by atoms with Crippen molar-refractivity contribution in [2.24, 2.45) is 0 Å². The molecule has 0 atom stereocenters. The highest BCUT2D eigenvalue weighted by Crippen LogP contribution is 2.12. The standard InChI is InChI=1S/C25H32FN3O3/c1-2-15-32-19-22-8-4-3-7-21(22)17-27-24(30)18-28-11-6-12-29(14-13-28)25(31)20-9-5-10-23(26)16-20/h3-5,7-10,16H,2,6,11-15,17-19H2,1H3,(H,27,30). The third-order valence-electron chi connectivity index (χ3n) is 5.51. The van der Waals surface area contributed by atoms with E-state index in [2.05, 4.69) is 17.1 Å². The molecule has 0 radical (unpaired) electrons. The van der Waals surface area contributed by atoms with Crippen LogP contribution in [-0.4, -0.2) is 60.9 Å². The molecule has 2 amide bonds. The van der Waals surface area contributed by atoms with E-state index < -0.39 is 5.82 Å². The molecule has 1 heterocycles. The second kappa shape index (κ2) is 12.3. The van der Waals surface area contributed by atoms with Gasteiger partial charge in [0.1, 0.15) is 5.82 Å². The molecule has 32 heavy (non-hydrogen) atoms. The van der Waals surface area contributed by atoms with Crippen molar-refractivity contribution in [2.45, 2.75) is 32.9 Å². The predicted molar refractivity (Wildman–Crippen MR) is 122 cm³/mol. The lowest BCUT2D eigenvalue weighted by molar-refractivity contribution is -0.122. The highest BCUT2D eigenvalue weighted by Gasteiger charge is 2.21. The summed E-state index contributed by atoms with van der Waals surface area (Å²) in [6.45, 7) is 6.54. The van der Waals surface area contributed by atoms with Crippen molar-refractivity contribution in [2.75, 3.05) is 39.3 Å². The second-order valence-electron chi connectivity index (χ2n) is 8.03. The number of nitrogens with one attached hydrogen (secondary N) is 1. The molecule has 0 aromatic heterocycles. The first-order valence-corrected chi connectivity index (χ1v) is 11.2. The molecule has 0 aliphatic carbocycles. The van der Waals surface area contributed by atoms with Gasteiger partial charge < -0.3 is 15.0 Å². The van der Waals surface area contributed by atoms with E-state index in [1.807, 2.05) is 24.3 Å². The minimum atomic E-state index is -0.414. The van der Waals surface area contributed by atoms with Gasteiger partial charge in [0.2, 0.25) is 5.91 Å². The summed E-state index contributed by atoms with van der Waals surface area (Å²) in [7, 11) is 0. The van der Waals surface area contributed by atoms with Crippen molar-refractivity contribution in [3.63, 3.8) is 0 Å². The summed E-state index contributed by atoms with van der Waals surface area (Å²) in [5.74, 6) is -0.626. The summed E-state index contributed by atoms with van der Waals surface area (Å²) in [6, 6.07) is 13.7. The Morgan fingerprint density at radius 1 is 1.03 bits per heavy atom. The van der Waals surface area contributed by atoms with Gasteiger partial charge >= 0.3 is 0 Å². The minimum Gasteiger partial charge on any atom is -0.377 e. The molecule has 1 fully saturated rings. The Morgan fingerprint density at radius 3 is 2.62 bits per heavy atom. The lowest BCUT2D eigenvalue weighted by atomic mass is 10.1. The van der Waals surface area contributed by atoms with E-state index in [-0.39, 0.29) is 18.4 Å². The molecule has 2 aromatic rings. The average Bonchev–Trinajstić information content (AvgIpc) is 3.03. The lowest BCUT2D eigenvalue weighted by Crippen LogP contribution is -2.40. The Kier molecular flexibility index (Phi) is 9.19. The van der Waals surface area contributed by atoms with Crippen LogP contribution in [-0.2, 0) is 22.7 Å². The zero-order chi connectivity index (χ0) is 22.8. The molecule has 0 spiro atoms. The van der Waals surface area contributed by atoms with Crippen LogP contribution in [0.4, 0.5) is 4.39 Å². The summed E-state index contributed by atoms with van der Waals surface area (Å²) < 4.78 is 19.1. The van der Waals surface area contributed by atoms with Gasteiger partial charge in [-0.25, -0.2) is 4.39 Å². The molecule has 0 unspecified atom stereocenters. The van der Waals surface area contributed by atoms with Crippen molar-refractivity contribution in [1.29, 1.82) is 0 Å². The Bertz CT molecular complexity index is 906. The van der Waals surface area contributed by atoms with Gasteiger partial charge in [0.05, 0.1) is 13.2 Å².